The van der Waals surface area contributed by atoms with E-state index in [0.29, 0.717) is 17.8 Å². The highest BCUT2D eigenvalue weighted by Gasteiger charge is 2.41. The Morgan fingerprint density at radius 3 is 2.33 bits per heavy atom. The lowest BCUT2D eigenvalue weighted by Crippen LogP contribution is -2.36. The number of hydrogen-bond acceptors (Lipinski definition) is 4. The first-order valence-corrected chi connectivity index (χ1v) is 8.81. The number of likely N-dealkylation sites (N-methyl/N-ethyl adjacent to an activating group) is 1. The highest BCUT2D eigenvalue weighted by atomic mass is 32.1. The van der Waals surface area contributed by atoms with Gasteiger partial charge in [0, 0.05) is 24.2 Å². The van der Waals surface area contributed by atoms with E-state index in [-0.39, 0.29) is 17.7 Å². The Kier molecular flexibility index (Phi) is 4.53. The maximum atomic E-state index is 13.0. The number of benzene rings is 1. The van der Waals surface area contributed by atoms with E-state index in [0.717, 1.165) is 10.6 Å². The summed E-state index contributed by atoms with van der Waals surface area (Å²) >= 11 is 1.48. The summed E-state index contributed by atoms with van der Waals surface area (Å²) in [7, 11) is 1.84. The summed E-state index contributed by atoms with van der Waals surface area (Å²) in [4.78, 5) is 29.9. The van der Waals surface area contributed by atoms with Gasteiger partial charge in [0.1, 0.15) is 5.70 Å². The second-order valence-corrected chi connectivity index (χ2v) is 7.16. The first-order chi connectivity index (χ1) is 11.5. The van der Waals surface area contributed by atoms with E-state index in [9.17, 15) is 9.59 Å². The molecular formula is C19H20N2O2S. The van der Waals surface area contributed by atoms with Crippen LogP contribution in [-0.4, -0.2) is 30.3 Å². The Labute approximate surface area is 146 Å². The van der Waals surface area contributed by atoms with Crippen LogP contribution in [0.4, 0.5) is 5.69 Å². The van der Waals surface area contributed by atoms with Gasteiger partial charge in [0.05, 0.1) is 5.57 Å². The van der Waals surface area contributed by atoms with Crippen molar-refractivity contribution in [3.63, 3.8) is 0 Å². The van der Waals surface area contributed by atoms with E-state index < -0.39 is 0 Å². The van der Waals surface area contributed by atoms with Crippen molar-refractivity contribution in [2.24, 2.45) is 5.92 Å². The number of nitrogens with zero attached hydrogens (tertiary/aromatic N) is 2. The van der Waals surface area contributed by atoms with Crippen LogP contribution in [-0.2, 0) is 9.59 Å². The van der Waals surface area contributed by atoms with Gasteiger partial charge >= 0.3 is 0 Å². The molecule has 1 aliphatic rings. The normalized spacial score (nSPS) is 14.9. The molecule has 1 aliphatic heterocycles. The SMILES string of the molecule is CC(C)CN1C(=O)C(c2cccs2)=C(N(C)c2ccccc2)C1=O. The standard InChI is InChI=1S/C19H20N2O2S/c1-13(2)12-21-18(22)16(15-10-7-11-24-15)17(19(21)23)20(3)14-8-5-4-6-9-14/h4-11,13H,12H2,1-3H3. The fourth-order valence-corrected chi connectivity index (χ4v) is 3.59. The number of thiophene rings is 1. The molecule has 0 spiro atoms. The molecule has 0 radical (unpaired) electrons. The average molecular weight is 340 g/mol. The van der Waals surface area contributed by atoms with Gasteiger partial charge in [-0.1, -0.05) is 38.1 Å². The van der Waals surface area contributed by atoms with Crippen molar-refractivity contribution in [1.29, 1.82) is 0 Å². The molecule has 0 saturated carbocycles. The van der Waals surface area contributed by atoms with Crippen molar-refractivity contribution < 1.29 is 9.59 Å². The first-order valence-electron chi connectivity index (χ1n) is 7.93. The Hall–Kier alpha value is -2.40. The minimum Gasteiger partial charge on any atom is -0.339 e. The molecular weight excluding hydrogens is 320 g/mol. The third-order valence-corrected chi connectivity index (χ3v) is 4.83. The predicted octanol–water partition coefficient (Wildman–Crippen LogP) is 3.62. The monoisotopic (exact) mass is 340 g/mol. The van der Waals surface area contributed by atoms with Gasteiger partial charge in [-0.05, 0) is 29.5 Å². The average Bonchev–Trinajstić information content (AvgIpc) is 3.17. The maximum absolute atomic E-state index is 13.0. The second kappa shape index (κ2) is 6.61. The van der Waals surface area contributed by atoms with Crippen LogP contribution in [0.15, 0.2) is 53.5 Å². The molecule has 0 unspecified atom stereocenters. The zero-order valence-electron chi connectivity index (χ0n) is 14.0. The highest BCUT2D eigenvalue weighted by molar-refractivity contribution is 7.11. The molecule has 0 N–H and O–H groups in total. The summed E-state index contributed by atoms with van der Waals surface area (Å²) < 4.78 is 0. The molecule has 24 heavy (non-hydrogen) atoms. The molecule has 0 saturated heterocycles. The number of para-hydroxylation sites is 1. The number of carbonyl (C=O) groups is 2. The molecule has 4 nitrogen and oxygen atoms in total. The van der Waals surface area contributed by atoms with Crippen LogP contribution in [0.5, 0.6) is 0 Å². The van der Waals surface area contributed by atoms with Gasteiger partial charge in [-0.15, -0.1) is 11.3 Å². The van der Waals surface area contributed by atoms with Gasteiger partial charge in [0.15, 0.2) is 0 Å². The molecule has 0 fully saturated rings. The lowest BCUT2D eigenvalue weighted by atomic mass is 10.1. The number of imide groups is 1. The fraction of sp³-hybridized carbons (Fsp3) is 0.263. The van der Waals surface area contributed by atoms with E-state index in [4.69, 9.17) is 0 Å². The van der Waals surface area contributed by atoms with Gasteiger partial charge in [-0.2, -0.15) is 0 Å². The number of anilines is 1. The van der Waals surface area contributed by atoms with Crippen molar-refractivity contribution in [2.45, 2.75) is 13.8 Å². The number of rotatable bonds is 5. The molecule has 2 heterocycles. The Balaban J connectivity index is 2.09. The minimum atomic E-state index is -0.219. The number of amides is 2. The second-order valence-electron chi connectivity index (χ2n) is 6.21. The summed E-state index contributed by atoms with van der Waals surface area (Å²) in [5.74, 6) is -0.193. The van der Waals surface area contributed by atoms with Gasteiger partial charge < -0.3 is 4.90 Å². The molecule has 0 bridgehead atoms. The minimum absolute atomic E-state index is 0.200. The van der Waals surface area contributed by atoms with Crippen LogP contribution in [0.2, 0.25) is 0 Å². The zero-order valence-corrected chi connectivity index (χ0v) is 14.8. The van der Waals surface area contributed by atoms with Gasteiger partial charge in [0.2, 0.25) is 0 Å². The van der Waals surface area contributed by atoms with Crippen LogP contribution in [0.25, 0.3) is 5.57 Å². The van der Waals surface area contributed by atoms with Crippen molar-refractivity contribution in [3.05, 3.63) is 58.4 Å². The van der Waals surface area contributed by atoms with Crippen molar-refractivity contribution in [1.82, 2.24) is 4.90 Å². The molecule has 5 heteroatoms. The summed E-state index contributed by atoms with van der Waals surface area (Å²) in [5, 5.41) is 1.92. The van der Waals surface area contributed by atoms with Gasteiger partial charge in [0.25, 0.3) is 11.8 Å². The summed E-state index contributed by atoms with van der Waals surface area (Å²) in [6.45, 7) is 4.44. The van der Waals surface area contributed by atoms with E-state index >= 15 is 0 Å². The zero-order chi connectivity index (χ0) is 17.3. The van der Waals surface area contributed by atoms with Crippen LogP contribution in [0.3, 0.4) is 0 Å². The third-order valence-electron chi connectivity index (χ3n) is 3.94. The van der Waals surface area contributed by atoms with E-state index in [1.807, 2.05) is 73.6 Å². The summed E-state index contributed by atoms with van der Waals surface area (Å²) in [5.41, 5.74) is 1.84. The van der Waals surface area contributed by atoms with E-state index in [1.54, 1.807) is 0 Å². The molecule has 124 valence electrons. The Morgan fingerprint density at radius 1 is 1.04 bits per heavy atom. The topological polar surface area (TPSA) is 40.6 Å². The molecule has 0 atom stereocenters. The molecule has 1 aromatic carbocycles. The quantitative estimate of drug-likeness (QED) is 0.781. The lowest BCUT2D eigenvalue weighted by molar-refractivity contribution is -0.137. The molecule has 2 aromatic rings. The number of carbonyl (C=O) groups excluding carboxylic acids is 2. The number of hydrogen-bond donors (Lipinski definition) is 0. The molecule has 2 amide bonds. The third kappa shape index (κ3) is 2.87. The maximum Gasteiger partial charge on any atom is 0.278 e. The summed E-state index contributed by atoms with van der Waals surface area (Å²) in [6.07, 6.45) is 0. The van der Waals surface area contributed by atoms with Crippen molar-refractivity contribution in [3.8, 4) is 0 Å². The van der Waals surface area contributed by atoms with Gasteiger partial charge in [-0.25, -0.2) is 0 Å². The van der Waals surface area contributed by atoms with Crippen LogP contribution < -0.4 is 4.90 Å². The molecule has 0 aliphatic carbocycles. The van der Waals surface area contributed by atoms with Gasteiger partial charge in [-0.3, -0.25) is 14.5 Å². The summed E-state index contributed by atoms with van der Waals surface area (Å²) in [6, 6.07) is 13.4. The van der Waals surface area contributed by atoms with E-state index in [1.165, 1.54) is 16.2 Å². The lowest BCUT2D eigenvalue weighted by Gasteiger charge is -2.22. The van der Waals surface area contributed by atoms with Crippen LogP contribution in [0.1, 0.15) is 18.7 Å². The van der Waals surface area contributed by atoms with Crippen molar-refractivity contribution in [2.75, 3.05) is 18.5 Å². The van der Waals surface area contributed by atoms with E-state index in [2.05, 4.69) is 0 Å². The smallest absolute Gasteiger partial charge is 0.278 e. The predicted molar refractivity (Wildman–Crippen MR) is 97.6 cm³/mol. The first kappa shape index (κ1) is 16.5. The van der Waals surface area contributed by atoms with Crippen LogP contribution >= 0.6 is 11.3 Å². The fourth-order valence-electron chi connectivity index (χ4n) is 2.83. The van der Waals surface area contributed by atoms with Crippen molar-refractivity contribution >= 4 is 34.4 Å². The Bertz CT molecular complexity index is 779. The largest absolute Gasteiger partial charge is 0.339 e. The highest BCUT2D eigenvalue weighted by Crippen LogP contribution is 2.35. The Morgan fingerprint density at radius 2 is 1.75 bits per heavy atom. The molecule has 1 aromatic heterocycles. The molecule has 3 rings (SSSR count). The van der Waals surface area contributed by atoms with Crippen LogP contribution in [0, 0.1) is 5.92 Å².